The van der Waals surface area contributed by atoms with Gasteiger partial charge in [-0.15, -0.1) is 0 Å². The van der Waals surface area contributed by atoms with Gasteiger partial charge in [-0.3, -0.25) is 4.79 Å². The molecule has 2 aromatic rings. The van der Waals surface area contributed by atoms with Crippen LogP contribution in [0.5, 0.6) is 5.75 Å². The molecule has 0 bridgehead atoms. The molecule has 154 valence electrons. The maximum absolute atomic E-state index is 13.1. The number of fused-ring (bicyclic) bond motifs is 1. The highest BCUT2D eigenvalue weighted by atomic mass is 16.6. The molecule has 1 heterocycles. The molecule has 0 saturated carbocycles. The van der Waals surface area contributed by atoms with E-state index < -0.39 is 17.7 Å². The van der Waals surface area contributed by atoms with Gasteiger partial charge in [0.25, 0.3) is 0 Å². The molecule has 3 rings (SSSR count). The summed E-state index contributed by atoms with van der Waals surface area (Å²) in [4.78, 5) is 25.4. The predicted octanol–water partition coefficient (Wildman–Crippen LogP) is 3.76. The summed E-state index contributed by atoms with van der Waals surface area (Å²) in [6.45, 7) is 5.90. The number of hydrogen-bond donors (Lipinski definition) is 2. The summed E-state index contributed by atoms with van der Waals surface area (Å²) in [5, 5.41) is 5.81. The molecule has 0 spiro atoms. The number of benzene rings is 2. The number of hydrogen-bond acceptors (Lipinski definition) is 4. The fraction of sp³-hybridized carbons (Fsp3) is 0.391. The van der Waals surface area contributed by atoms with E-state index in [0.29, 0.717) is 19.4 Å². The summed E-state index contributed by atoms with van der Waals surface area (Å²) in [6, 6.07) is 16.4. The lowest BCUT2D eigenvalue weighted by Gasteiger charge is -2.29. The molecule has 0 aromatic heterocycles. The molecule has 2 unspecified atom stereocenters. The monoisotopic (exact) mass is 396 g/mol. The van der Waals surface area contributed by atoms with E-state index in [9.17, 15) is 9.59 Å². The number of amides is 2. The van der Waals surface area contributed by atoms with Crippen molar-refractivity contribution in [2.45, 2.75) is 51.3 Å². The number of ether oxygens (including phenoxy) is 2. The Bertz CT molecular complexity index is 845. The van der Waals surface area contributed by atoms with E-state index in [1.165, 1.54) is 0 Å². The molecule has 29 heavy (non-hydrogen) atoms. The lowest BCUT2D eigenvalue weighted by atomic mass is 9.99. The zero-order valence-corrected chi connectivity index (χ0v) is 17.1. The van der Waals surface area contributed by atoms with Gasteiger partial charge in [-0.25, -0.2) is 4.79 Å². The van der Waals surface area contributed by atoms with Crippen LogP contribution in [0, 0.1) is 0 Å². The Kier molecular flexibility index (Phi) is 6.42. The molecule has 0 radical (unpaired) electrons. The van der Waals surface area contributed by atoms with Crippen LogP contribution in [0.25, 0.3) is 0 Å². The quantitative estimate of drug-likeness (QED) is 0.807. The summed E-state index contributed by atoms with van der Waals surface area (Å²) in [6.07, 6.45) is 0.435. The van der Waals surface area contributed by atoms with Crippen molar-refractivity contribution in [2.24, 2.45) is 0 Å². The van der Waals surface area contributed by atoms with Crippen LogP contribution in [-0.2, 0) is 16.0 Å². The Morgan fingerprint density at radius 1 is 1.10 bits per heavy atom. The maximum Gasteiger partial charge on any atom is 0.408 e. The minimum absolute atomic E-state index is 0.161. The van der Waals surface area contributed by atoms with Crippen molar-refractivity contribution in [3.8, 4) is 5.75 Å². The van der Waals surface area contributed by atoms with E-state index >= 15 is 0 Å². The SMILES string of the molecule is CC(C)(C)OC(=O)NC(Cc1ccccc1)C(=O)NC1CCOc2ccccc21. The molecule has 6 nitrogen and oxygen atoms in total. The van der Waals surface area contributed by atoms with Crippen LogP contribution in [0.15, 0.2) is 54.6 Å². The van der Waals surface area contributed by atoms with Crippen LogP contribution in [0.3, 0.4) is 0 Å². The van der Waals surface area contributed by atoms with Gasteiger partial charge in [0.2, 0.25) is 5.91 Å². The van der Waals surface area contributed by atoms with E-state index in [2.05, 4.69) is 10.6 Å². The Hall–Kier alpha value is -3.02. The minimum atomic E-state index is -0.748. The first-order valence-electron chi connectivity index (χ1n) is 9.87. The second kappa shape index (κ2) is 8.99. The molecule has 0 aliphatic carbocycles. The summed E-state index contributed by atoms with van der Waals surface area (Å²) >= 11 is 0. The number of carbonyl (C=O) groups excluding carboxylic acids is 2. The van der Waals surface area contributed by atoms with Gasteiger partial charge in [0.05, 0.1) is 12.6 Å². The Balaban J connectivity index is 1.74. The fourth-order valence-electron chi connectivity index (χ4n) is 3.27. The van der Waals surface area contributed by atoms with Crippen LogP contribution in [0.4, 0.5) is 4.79 Å². The molecule has 2 N–H and O–H groups in total. The van der Waals surface area contributed by atoms with Crippen molar-refractivity contribution >= 4 is 12.0 Å². The molecule has 1 aliphatic rings. The number of rotatable bonds is 5. The number of carbonyl (C=O) groups is 2. The smallest absolute Gasteiger partial charge is 0.408 e. The standard InChI is InChI=1S/C23H28N2O4/c1-23(2,3)29-22(27)25-19(15-16-9-5-4-6-10-16)21(26)24-18-13-14-28-20-12-8-7-11-17(18)20/h4-12,18-19H,13-15H2,1-3H3,(H,24,26)(H,25,27). The first-order chi connectivity index (χ1) is 13.8. The van der Waals surface area contributed by atoms with Gasteiger partial charge in [-0.2, -0.15) is 0 Å². The Morgan fingerprint density at radius 3 is 2.52 bits per heavy atom. The van der Waals surface area contributed by atoms with Crippen LogP contribution in [0.2, 0.25) is 0 Å². The third-order valence-electron chi connectivity index (χ3n) is 4.57. The van der Waals surface area contributed by atoms with Crippen molar-refractivity contribution < 1.29 is 19.1 Å². The second-order valence-electron chi connectivity index (χ2n) is 8.12. The fourth-order valence-corrected chi connectivity index (χ4v) is 3.27. The van der Waals surface area contributed by atoms with Crippen LogP contribution in [-0.4, -0.2) is 30.3 Å². The summed E-state index contributed by atoms with van der Waals surface area (Å²) in [5.74, 6) is 0.533. The molecular formula is C23H28N2O4. The number of para-hydroxylation sites is 1. The zero-order valence-electron chi connectivity index (χ0n) is 17.1. The molecule has 0 saturated heterocycles. The molecule has 0 fully saturated rings. The van der Waals surface area contributed by atoms with Crippen molar-refractivity contribution in [3.05, 3.63) is 65.7 Å². The van der Waals surface area contributed by atoms with E-state index in [4.69, 9.17) is 9.47 Å². The van der Waals surface area contributed by atoms with Gasteiger partial charge in [0.1, 0.15) is 17.4 Å². The maximum atomic E-state index is 13.1. The topological polar surface area (TPSA) is 76.7 Å². The average Bonchev–Trinajstić information content (AvgIpc) is 2.67. The predicted molar refractivity (Wildman–Crippen MR) is 111 cm³/mol. The molecular weight excluding hydrogens is 368 g/mol. The van der Waals surface area contributed by atoms with Gasteiger partial charge in [-0.05, 0) is 32.4 Å². The summed E-state index contributed by atoms with van der Waals surface area (Å²) < 4.78 is 11.0. The van der Waals surface area contributed by atoms with Crippen LogP contribution in [0.1, 0.15) is 44.4 Å². The van der Waals surface area contributed by atoms with E-state index in [-0.39, 0.29) is 11.9 Å². The lowest BCUT2D eigenvalue weighted by molar-refractivity contribution is -0.124. The van der Waals surface area contributed by atoms with Gasteiger partial charge in [0, 0.05) is 18.4 Å². The van der Waals surface area contributed by atoms with Gasteiger partial charge in [-0.1, -0.05) is 48.5 Å². The highest BCUT2D eigenvalue weighted by molar-refractivity contribution is 5.86. The second-order valence-corrected chi connectivity index (χ2v) is 8.12. The van der Waals surface area contributed by atoms with E-state index in [1.807, 2.05) is 54.6 Å². The van der Waals surface area contributed by atoms with Crippen molar-refractivity contribution in [2.75, 3.05) is 6.61 Å². The third kappa shape index (κ3) is 5.98. The number of nitrogens with one attached hydrogen (secondary N) is 2. The minimum Gasteiger partial charge on any atom is -0.493 e. The molecule has 2 aromatic carbocycles. The molecule has 1 aliphatic heterocycles. The highest BCUT2D eigenvalue weighted by Crippen LogP contribution is 2.31. The molecule has 6 heteroatoms. The van der Waals surface area contributed by atoms with Crippen molar-refractivity contribution in [1.82, 2.24) is 10.6 Å². The largest absolute Gasteiger partial charge is 0.493 e. The van der Waals surface area contributed by atoms with Gasteiger partial charge < -0.3 is 20.1 Å². The van der Waals surface area contributed by atoms with E-state index in [0.717, 1.165) is 16.9 Å². The molecule has 2 atom stereocenters. The van der Waals surface area contributed by atoms with E-state index in [1.54, 1.807) is 20.8 Å². The average molecular weight is 396 g/mol. The summed E-state index contributed by atoms with van der Waals surface area (Å²) in [5.41, 5.74) is 1.26. The Morgan fingerprint density at radius 2 is 1.79 bits per heavy atom. The summed E-state index contributed by atoms with van der Waals surface area (Å²) in [7, 11) is 0. The normalized spacial score (nSPS) is 16.7. The first kappa shape index (κ1) is 20.7. The third-order valence-corrected chi connectivity index (χ3v) is 4.57. The van der Waals surface area contributed by atoms with Gasteiger partial charge in [0.15, 0.2) is 0 Å². The Labute approximate surface area is 171 Å². The van der Waals surface area contributed by atoms with Crippen molar-refractivity contribution in [1.29, 1.82) is 0 Å². The van der Waals surface area contributed by atoms with Crippen molar-refractivity contribution in [3.63, 3.8) is 0 Å². The number of alkyl carbamates (subject to hydrolysis) is 1. The van der Waals surface area contributed by atoms with Crippen LogP contribution < -0.4 is 15.4 Å². The lowest BCUT2D eigenvalue weighted by Crippen LogP contribution is -2.50. The first-order valence-corrected chi connectivity index (χ1v) is 9.87. The van der Waals surface area contributed by atoms with Gasteiger partial charge >= 0.3 is 6.09 Å². The zero-order chi connectivity index (χ0) is 20.9. The van der Waals surface area contributed by atoms with Crippen LogP contribution >= 0.6 is 0 Å². The molecule has 2 amide bonds. The highest BCUT2D eigenvalue weighted by Gasteiger charge is 2.29.